The Kier molecular flexibility index (Phi) is 3.20. The van der Waals surface area contributed by atoms with Gasteiger partial charge in [-0.25, -0.2) is 4.90 Å². The van der Waals surface area contributed by atoms with Crippen LogP contribution in [0.4, 0.5) is 11.4 Å². The van der Waals surface area contributed by atoms with Crippen molar-refractivity contribution in [3.63, 3.8) is 0 Å². The zero-order chi connectivity index (χ0) is 16.1. The van der Waals surface area contributed by atoms with Crippen LogP contribution in [0.1, 0.15) is 11.1 Å². The molecule has 0 bridgehead atoms. The average molecular weight is 324 g/mol. The third-order valence-electron chi connectivity index (χ3n) is 4.37. The molecule has 0 saturated carbocycles. The Balaban J connectivity index is 1.77. The minimum Gasteiger partial charge on any atom is -0.371 e. The Labute approximate surface area is 138 Å². The number of fused-ring (bicyclic) bond motifs is 2. The van der Waals surface area contributed by atoms with Gasteiger partial charge in [0, 0.05) is 10.6 Å². The highest BCUT2D eigenvalue weighted by atomic mass is 32.2. The fourth-order valence-electron chi connectivity index (χ4n) is 3.27. The standard InChI is InChI=1S/C18H16N2O2S/c1-10-6-5-7-11(2)15(10)20-17(21)14-16(18(20)22)23-13-9-4-3-8-12(13)19-14/h3-9,14,16,19H,1-2H3/t14-,16+/m1/s1. The van der Waals surface area contributed by atoms with Gasteiger partial charge >= 0.3 is 0 Å². The lowest BCUT2D eigenvalue weighted by Crippen LogP contribution is -2.38. The molecule has 2 aliphatic heterocycles. The second-order valence-corrected chi connectivity index (χ2v) is 7.09. The fourth-order valence-corrected chi connectivity index (χ4v) is 4.49. The Hall–Kier alpha value is -2.27. The van der Waals surface area contributed by atoms with Crippen LogP contribution in [0, 0.1) is 13.8 Å². The van der Waals surface area contributed by atoms with Gasteiger partial charge in [0.05, 0.1) is 5.69 Å². The topological polar surface area (TPSA) is 49.4 Å². The monoisotopic (exact) mass is 324 g/mol. The molecule has 2 heterocycles. The molecule has 2 amide bonds. The number of anilines is 2. The van der Waals surface area contributed by atoms with Gasteiger partial charge in [-0.15, -0.1) is 11.8 Å². The molecule has 0 unspecified atom stereocenters. The first-order valence-electron chi connectivity index (χ1n) is 7.54. The summed E-state index contributed by atoms with van der Waals surface area (Å²) in [6.07, 6.45) is 0. The van der Waals surface area contributed by atoms with Gasteiger partial charge < -0.3 is 5.32 Å². The lowest BCUT2D eigenvalue weighted by molar-refractivity contribution is -0.121. The third-order valence-corrected chi connectivity index (χ3v) is 5.71. The van der Waals surface area contributed by atoms with Crippen molar-refractivity contribution in [2.45, 2.75) is 30.0 Å². The molecule has 4 nitrogen and oxygen atoms in total. The first-order valence-corrected chi connectivity index (χ1v) is 8.42. The maximum Gasteiger partial charge on any atom is 0.258 e. The van der Waals surface area contributed by atoms with Crippen molar-refractivity contribution in [1.29, 1.82) is 0 Å². The third kappa shape index (κ3) is 2.07. The van der Waals surface area contributed by atoms with Gasteiger partial charge in [-0.05, 0) is 37.1 Å². The molecule has 2 aromatic rings. The molecular formula is C18H16N2O2S. The predicted octanol–water partition coefficient (Wildman–Crippen LogP) is 3.13. The summed E-state index contributed by atoms with van der Waals surface area (Å²) in [5.74, 6) is -0.302. The SMILES string of the molecule is Cc1cccc(C)c1N1C(=O)[C@H]2Sc3ccccc3N[C@H]2C1=O. The first-order chi connectivity index (χ1) is 11.1. The van der Waals surface area contributed by atoms with Crippen molar-refractivity contribution in [3.05, 3.63) is 53.6 Å². The number of hydrogen-bond donors (Lipinski definition) is 1. The zero-order valence-electron chi connectivity index (χ0n) is 12.9. The van der Waals surface area contributed by atoms with E-state index in [0.29, 0.717) is 0 Å². The molecule has 2 aliphatic rings. The van der Waals surface area contributed by atoms with E-state index in [0.717, 1.165) is 27.4 Å². The van der Waals surface area contributed by atoms with Crippen molar-refractivity contribution >= 4 is 35.0 Å². The summed E-state index contributed by atoms with van der Waals surface area (Å²) in [5, 5.41) is 2.84. The number of thioether (sulfide) groups is 1. The lowest BCUT2D eigenvalue weighted by Gasteiger charge is -2.25. The van der Waals surface area contributed by atoms with Gasteiger partial charge in [-0.1, -0.05) is 30.3 Å². The minimum atomic E-state index is -0.499. The molecule has 1 saturated heterocycles. The normalized spacial score (nSPS) is 22.6. The number of carbonyl (C=O) groups excluding carboxylic acids is 2. The molecule has 0 aromatic heterocycles. The van der Waals surface area contributed by atoms with Gasteiger partial charge in [0.15, 0.2) is 0 Å². The van der Waals surface area contributed by atoms with Crippen molar-refractivity contribution < 1.29 is 9.59 Å². The van der Waals surface area contributed by atoms with E-state index in [1.807, 2.05) is 56.3 Å². The van der Waals surface area contributed by atoms with Gasteiger partial charge in [0.1, 0.15) is 11.3 Å². The van der Waals surface area contributed by atoms with E-state index in [1.165, 1.54) is 16.7 Å². The van der Waals surface area contributed by atoms with Crippen LogP contribution in [0.5, 0.6) is 0 Å². The van der Waals surface area contributed by atoms with E-state index in [-0.39, 0.29) is 11.8 Å². The summed E-state index contributed by atoms with van der Waals surface area (Å²) in [4.78, 5) is 28.2. The van der Waals surface area contributed by atoms with E-state index < -0.39 is 11.3 Å². The molecular weight excluding hydrogens is 308 g/mol. The Morgan fingerprint density at radius 2 is 1.65 bits per heavy atom. The summed E-state index contributed by atoms with van der Waals surface area (Å²) < 4.78 is 0. The summed E-state index contributed by atoms with van der Waals surface area (Å²) >= 11 is 1.48. The lowest BCUT2D eigenvalue weighted by atomic mass is 10.1. The highest BCUT2D eigenvalue weighted by Gasteiger charge is 2.51. The maximum atomic E-state index is 12.9. The van der Waals surface area contributed by atoms with E-state index in [1.54, 1.807) is 0 Å². The van der Waals surface area contributed by atoms with Crippen LogP contribution in [-0.2, 0) is 9.59 Å². The Morgan fingerprint density at radius 3 is 2.39 bits per heavy atom. The van der Waals surface area contributed by atoms with E-state index in [4.69, 9.17) is 0 Å². The zero-order valence-corrected chi connectivity index (χ0v) is 13.7. The van der Waals surface area contributed by atoms with E-state index in [2.05, 4.69) is 5.32 Å². The largest absolute Gasteiger partial charge is 0.371 e. The summed E-state index contributed by atoms with van der Waals surface area (Å²) in [6.45, 7) is 3.86. The molecule has 2 atom stereocenters. The van der Waals surface area contributed by atoms with Crippen molar-refractivity contribution in [3.8, 4) is 0 Å². The molecule has 4 rings (SSSR count). The van der Waals surface area contributed by atoms with Crippen LogP contribution >= 0.6 is 11.8 Å². The van der Waals surface area contributed by atoms with Crippen LogP contribution in [0.3, 0.4) is 0 Å². The van der Waals surface area contributed by atoms with Crippen LogP contribution in [0.25, 0.3) is 0 Å². The van der Waals surface area contributed by atoms with Crippen LogP contribution in [0.2, 0.25) is 0 Å². The molecule has 1 fully saturated rings. The summed E-state index contributed by atoms with van der Waals surface area (Å²) in [6, 6.07) is 13.1. The molecule has 5 heteroatoms. The number of nitrogens with zero attached hydrogens (tertiary/aromatic N) is 1. The Morgan fingerprint density at radius 1 is 0.957 bits per heavy atom. The van der Waals surface area contributed by atoms with Gasteiger partial charge in [0.2, 0.25) is 5.91 Å². The van der Waals surface area contributed by atoms with Crippen molar-refractivity contribution in [2.24, 2.45) is 0 Å². The average Bonchev–Trinajstić information content (AvgIpc) is 2.78. The Bertz CT molecular complexity index is 770. The number of para-hydroxylation sites is 2. The molecule has 0 spiro atoms. The number of carbonyl (C=O) groups is 2. The second kappa shape index (κ2) is 5.13. The van der Waals surface area contributed by atoms with Crippen molar-refractivity contribution in [1.82, 2.24) is 0 Å². The smallest absolute Gasteiger partial charge is 0.258 e. The number of hydrogen-bond acceptors (Lipinski definition) is 4. The van der Waals surface area contributed by atoms with E-state index >= 15 is 0 Å². The number of rotatable bonds is 1. The number of imide groups is 1. The van der Waals surface area contributed by atoms with E-state index in [9.17, 15) is 9.59 Å². The molecule has 23 heavy (non-hydrogen) atoms. The summed E-state index contributed by atoms with van der Waals surface area (Å²) in [7, 11) is 0. The molecule has 1 N–H and O–H groups in total. The highest BCUT2D eigenvalue weighted by Crippen LogP contribution is 2.43. The maximum absolute atomic E-state index is 12.9. The minimum absolute atomic E-state index is 0.135. The first kappa shape index (κ1) is 14.3. The number of benzene rings is 2. The molecule has 2 aromatic carbocycles. The van der Waals surface area contributed by atoms with Crippen LogP contribution in [0.15, 0.2) is 47.4 Å². The van der Waals surface area contributed by atoms with Crippen LogP contribution < -0.4 is 10.2 Å². The fraction of sp³-hybridized carbons (Fsp3) is 0.222. The quantitative estimate of drug-likeness (QED) is 0.819. The van der Waals surface area contributed by atoms with Gasteiger partial charge in [0.25, 0.3) is 5.91 Å². The van der Waals surface area contributed by atoms with Crippen LogP contribution in [-0.4, -0.2) is 23.1 Å². The summed E-state index contributed by atoms with van der Waals surface area (Å²) in [5.41, 5.74) is 3.52. The van der Waals surface area contributed by atoms with Gasteiger partial charge in [-0.2, -0.15) is 0 Å². The number of amides is 2. The predicted molar refractivity (Wildman–Crippen MR) is 91.9 cm³/mol. The second-order valence-electron chi connectivity index (χ2n) is 5.91. The number of aryl methyl sites for hydroxylation is 2. The molecule has 0 aliphatic carbocycles. The highest BCUT2D eigenvalue weighted by molar-refractivity contribution is 8.01. The van der Waals surface area contributed by atoms with Gasteiger partial charge in [-0.3, -0.25) is 9.59 Å². The molecule has 116 valence electrons. The number of nitrogens with one attached hydrogen (secondary N) is 1. The molecule has 0 radical (unpaired) electrons. The van der Waals surface area contributed by atoms with Crippen molar-refractivity contribution in [2.75, 3.05) is 10.2 Å².